The summed E-state index contributed by atoms with van der Waals surface area (Å²) in [6.07, 6.45) is 0. The van der Waals surface area contributed by atoms with Crippen LogP contribution in [0.3, 0.4) is 0 Å². The van der Waals surface area contributed by atoms with Gasteiger partial charge in [0.05, 0.1) is 6.54 Å². The van der Waals surface area contributed by atoms with Gasteiger partial charge in [-0.2, -0.15) is 0 Å². The molecule has 35 heavy (non-hydrogen) atoms. The molecule has 0 saturated carbocycles. The fourth-order valence-corrected chi connectivity index (χ4v) is 4.16. The van der Waals surface area contributed by atoms with Crippen molar-refractivity contribution in [3.05, 3.63) is 144 Å². The van der Waals surface area contributed by atoms with Crippen molar-refractivity contribution in [1.29, 1.82) is 0 Å². The van der Waals surface area contributed by atoms with Crippen molar-refractivity contribution >= 4 is 5.91 Å². The van der Waals surface area contributed by atoms with Gasteiger partial charge in [-0.1, -0.05) is 127 Å². The number of aromatic nitrogens is 3. The minimum Gasteiger partial charge on any atom is -0.329 e. The minimum absolute atomic E-state index is 0.143. The largest absolute Gasteiger partial charge is 0.329 e. The first-order valence-corrected chi connectivity index (χ1v) is 11.7. The second-order valence-corrected chi connectivity index (χ2v) is 8.43. The van der Waals surface area contributed by atoms with Gasteiger partial charge >= 0.3 is 0 Å². The van der Waals surface area contributed by atoms with E-state index in [0.29, 0.717) is 25.3 Å². The van der Waals surface area contributed by atoms with Crippen molar-refractivity contribution in [1.82, 2.24) is 19.9 Å². The number of nitrogens with zero attached hydrogens (tertiary/aromatic N) is 4. The zero-order valence-corrected chi connectivity index (χ0v) is 19.4. The van der Waals surface area contributed by atoms with Gasteiger partial charge in [0.15, 0.2) is 5.69 Å². The lowest BCUT2D eigenvalue weighted by Crippen LogP contribution is -2.31. The Morgan fingerprint density at radius 3 is 1.60 bits per heavy atom. The molecule has 1 aromatic heterocycles. The molecule has 4 aromatic carbocycles. The molecular formula is C30H26N4O. The molecule has 1 heterocycles. The third kappa shape index (κ3) is 5.36. The molecule has 5 nitrogen and oxygen atoms in total. The third-order valence-corrected chi connectivity index (χ3v) is 5.88. The highest BCUT2D eigenvalue weighted by atomic mass is 16.2. The second-order valence-electron chi connectivity index (χ2n) is 8.43. The number of hydrogen-bond acceptors (Lipinski definition) is 3. The van der Waals surface area contributed by atoms with E-state index in [1.807, 2.05) is 119 Å². The maximum Gasteiger partial charge on any atom is 0.277 e. The SMILES string of the molecule is O=C(c1nnn(Cc2ccccc2)c1-c1ccccc1)N(Cc1ccccc1)Cc1ccccc1. The molecule has 0 fully saturated rings. The molecule has 172 valence electrons. The highest BCUT2D eigenvalue weighted by molar-refractivity contribution is 5.98. The van der Waals surface area contributed by atoms with Crippen LogP contribution in [-0.4, -0.2) is 25.8 Å². The smallest absolute Gasteiger partial charge is 0.277 e. The van der Waals surface area contributed by atoms with Crippen LogP contribution in [0.25, 0.3) is 11.3 Å². The standard InChI is InChI=1S/C30H26N4O/c35-30(33(21-24-13-5-1-6-14-24)22-25-15-7-2-8-16-25)28-29(27-19-11-4-12-20-27)34(32-31-28)23-26-17-9-3-10-18-26/h1-20H,21-23H2. The minimum atomic E-state index is -0.143. The normalized spacial score (nSPS) is 10.7. The lowest BCUT2D eigenvalue weighted by atomic mass is 10.1. The summed E-state index contributed by atoms with van der Waals surface area (Å²) < 4.78 is 1.82. The van der Waals surface area contributed by atoms with E-state index in [1.165, 1.54) is 0 Å². The number of rotatable bonds is 8. The van der Waals surface area contributed by atoms with Gasteiger partial charge in [-0.05, 0) is 16.7 Å². The van der Waals surface area contributed by atoms with E-state index in [2.05, 4.69) is 22.4 Å². The fourth-order valence-electron chi connectivity index (χ4n) is 4.16. The van der Waals surface area contributed by atoms with Crippen molar-refractivity contribution in [2.24, 2.45) is 0 Å². The number of carbonyl (C=O) groups is 1. The van der Waals surface area contributed by atoms with Crippen LogP contribution in [0, 0.1) is 0 Å². The van der Waals surface area contributed by atoms with Crippen molar-refractivity contribution in [3.63, 3.8) is 0 Å². The zero-order valence-electron chi connectivity index (χ0n) is 19.4. The predicted octanol–water partition coefficient (Wildman–Crippen LogP) is 5.84. The molecule has 0 N–H and O–H groups in total. The molecule has 0 bridgehead atoms. The molecule has 5 aromatic rings. The Kier molecular flexibility index (Phi) is 6.76. The maximum atomic E-state index is 14.0. The van der Waals surface area contributed by atoms with Crippen molar-refractivity contribution in [3.8, 4) is 11.3 Å². The zero-order chi connectivity index (χ0) is 23.9. The average molecular weight is 459 g/mol. The molecule has 0 atom stereocenters. The van der Waals surface area contributed by atoms with Gasteiger partial charge < -0.3 is 4.90 Å². The van der Waals surface area contributed by atoms with Gasteiger partial charge in [0.25, 0.3) is 5.91 Å². The van der Waals surface area contributed by atoms with E-state index >= 15 is 0 Å². The lowest BCUT2D eigenvalue weighted by molar-refractivity contribution is 0.0724. The van der Waals surface area contributed by atoms with Crippen LogP contribution in [-0.2, 0) is 19.6 Å². The Labute approximate surface area is 205 Å². The molecular weight excluding hydrogens is 432 g/mol. The van der Waals surface area contributed by atoms with E-state index in [4.69, 9.17) is 0 Å². The Balaban J connectivity index is 1.54. The van der Waals surface area contributed by atoms with Crippen LogP contribution in [0.1, 0.15) is 27.2 Å². The van der Waals surface area contributed by atoms with E-state index in [-0.39, 0.29) is 5.91 Å². The lowest BCUT2D eigenvalue weighted by Gasteiger charge is -2.23. The molecule has 0 aliphatic rings. The summed E-state index contributed by atoms with van der Waals surface area (Å²) in [6, 6.07) is 40.1. The number of amides is 1. The third-order valence-electron chi connectivity index (χ3n) is 5.88. The quantitative estimate of drug-likeness (QED) is 0.294. The molecule has 1 amide bonds. The molecule has 0 spiro atoms. The van der Waals surface area contributed by atoms with Crippen LogP contribution >= 0.6 is 0 Å². The van der Waals surface area contributed by atoms with Crippen LogP contribution < -0.4 is 0 Å². The molecule has 5 rings (SSSR count). The van der Waals surface area contributed by atoms with Gasteiger partial charge in [0.2, 0.25) is 0 Å². The van der Waals surface area contributed by atoms with Gasteiger partial charge in [-0.15, -0.1) is 5.10 Å². The van der Waals surface area contributed by atoms with Gasteiger partial charge in [-0.25, -0.2) is 4.68 Å². The summed E-state index contributed by atoms with van der Waals surface area (Å²) in [5, 5.41) is 8.84. The summed E-state index contributed by atoms with van der Waals surface area (Å²) in [6.45, 7) is 1.49. The molecule has 0 aliphatic carbocycles. The summed E-state index contributed by atoms with van der Waals surface area (Å²) in [5.74, 6) is -0.143. The van der Waals surface area contributed by atoms with Gasteiger partial charge in [-0.3, -0.25) is 4.79 Å². The number of hydrogen-bond donors (Lipinski definition) is 0. The monoisotopic (exact) mass is 458 g/mol. The Morgan fingerprint density at radius 2 is 1.09 bits per heavy atom. The summed E-state index contributed by atoms with van der Waals surface area (Å²) in [5.41, 5.74) is 5.23. The topological polar surface area (TPSA) is 51.0 Å². The maximum absolute atomic E-state index is 14.0. The summed E-state index contributed by atoms with van der Waals surface area (Å²) >= 11 is 0. The Morgan fingerprint density at radius 1 is 0.629 bits per heavy atom. The highest BCUT2D eigenvalue weighted by Crippen LogP contribution is 2.25. The van der Waals surface area contributed by atoms with Crippen LogP contribution in [0.2, 0.25) is 0 Å². The molecule has 5 heteroatoms. The first kappa shape index (κ1) is 22.3. The van der Waals surface area contributed by atoms with Crippen molar-refractivity contribution in [2.45, 2.75) is 19.6 Å². The Hall–Kier alpha value is -4.51. The van der Waals surface area contributed by atoms with Crippen molar-refractivity contribution < 1.29 is 4.79 Å². The van der Waals surface area contributed by atoms with Crippen LogP contribution in [0.5, 0.6) is 0 Å². The molecule has 0 aliphatic heterocycles. The summed E-state index contributed by atoms with van der Waals surface area (Å²) in [7, 11) is 0. The number of carbonyl (C=O) groups excluding carboxylic acids is 1. The first-order valence-electron chi connectivity index (χ1n) is 11.7. The summed E-state index contributed by atoms with van der Waals surface area (Å²) in [4.78, 5) is 15.9. The van der Waals surface area contributed by atoms with Gasteiger partial charge in [0, 0.05) is 18.7 Å². The average Bonchev–Trinajstić information content (AvgIpc) is 3.33. The van der Waals surface area contributed by atoms with Crippen molar-refractivity contribution in [2.75, 3.05) is 0 Å². The van der Waals surface area contributed by atoms with E-state index in [9.17, 15) is 4.79 Å². The van der Waals surface area contributed by atoms with Gasteiger partial charge in [0.1, 0.15) is 5.69 Å². The van der Waals surface area contributed by atoms with Crippen LogP contribution in [0.4, 0.5) is 0 Å². The second kappa shape index (κ2) is 10.6. The van der Waals surface area contributed by atoms with E-state index in [1.54, 1.807) is 0 Å². The van der Waals surface area contributed by atoms with Crippen LogP contribution in [0.15, 0.2) is 121 Å². The Bertz CT molecular complexity index is 1330. The predicted molar refractivity (Wildman–Crippen MR) is 137 cm³/mol. The fraction of sp³-hybridized carbons (Fsp3) is 0.100. The molecule has 0 unspecified atom stereocenters. The molecule has 0 radical (unpaired) electrons. The first-order chi connectivity index (χ1) is 17.3. The van der Waals surface area contributed by atoms with E-state index in [0.717, 1.165) is 27.9 Å². The van der Waals surface area contributed by atoms with E-state index < -0.39 is 0 Å². The molecule has 0 saturated heterocycles. The highest BCUT2D eigenvalue weighted by Gasteiger charge is 2.26. The number of benzene rings is 4.